The average molecular weight is 308 g/mol. The van der Waals surface area contributed by atoms with Gasteiger partial charge in [0.2, 0.25) is 5.91 Å². The number of fused-ring (bicyclic) bond motifs is 2. The molecule has 3 atom stereocenters. The van der Waals surface area contributed by atoms with Gasteiger partial charge in [0.05, 0.1) is 0 Å². The van der Waals surface area contributed by atoms with Gasteiger partial charge in [0.1, 0.15) is 0 Å². The van der Waals surface area contributed by atoms with Gasteiger partial charge in [-0.1, -0.05) is 71.1 Å². The van der Waals surface area contributed by atoms with Crippen LogP contribution in [0.2, 0.25) is 0 Å². The van der Waals surface area contributed by atoms with E-state index in [9.17, 15) is 4.79 Å². The number of rotatable bonds is 12. The fourth-order valence-electron chi connectivity index (χ4n) is 4.52. The topological polar surface area (TPSA) is 29.1 Å². The van der Waals surface area contributed by atoms with Crippen LogP contribution in [0.3, 0.4) is 0 Å². The molecule has 1 amide bonds. The number of carbonyl (C=O) groups excluding carboxylic acids is 1. The maximum atomic E-state index is 12.2. The Balaban J connectivity index is 1.36. The Kier molecular flexibility index (Phi) is 8.33. The van der Waals surface area contributed by atoms with E-state index >= 15 is 0 Å². The molecule has 128 valence electrons. The van der Waals surface area contributed by atoms with Crippen molar-refractivity contribution in [3.63, 3.8) is 0 Å². The minimum absolute atomic E-state index is 0.363. The van der Waals surface area contributed by atoms with Crippen LogP contribution in [-0.2, 0) is 4.79 Å². The quantitative estimate of drug-likeness (QED) is 0.477. The van der Waals surface area contributed by atoms with E-state index in [0.29, 0.717) is 11.8 Å². The van der Waals surface area contributed by atoms with E-state index in [1.54, 1.807) is 0 Å². The molecule has 0 saturated heterocycles. The third kappa shape index (κ3) is 5.93. The molecule has 0 aromatic carbocycles. The summed E-state index contributed by atoms with van der Waals surface area (Å²) < 4.78 is 0. The zero-order chi connectivity index (χ0) is 15.6. The summed E-state index contributed by atoms with van der Waals surface area (Å²) in [6.07, 6.45) is 18.8. The number of nitrogens with one attached hydrogen (secondary N) is 1. The van der Waals surface area contributed by atoms with Crippen molar-refractivity contribution in [1.29, 1.82) is 0 Å². The highest BCUT2D eigenvalue weighted by atomic mass is 16.1. The number of hydrogen-bond donors (Lipinski definition) is 1. The van der Waals surface area contributed by atoms with Gasteiger partial charge in [0.15, 0.2) is 0 Å². The summed E-state index contributed by atoms with van der Waals surface area (Å²) in [7, 11) is 0. The van der Waals surface area contributed by atoms with Crippen LogP contribution in [0.5, 0.6) is 0 Å². The summed E-state index contributed by atoms with van der Waals surface area (Å²) in [5.41, 5.74) is 0. The molecule has 3 unspecified atom stereocenters. The molecule has 0 aromatic rings. The van der Waals surface area contributed by atoms with Gasteiger partial charge in [-0.15, -0.1) is 0 Å². The lowest BCUT2D eigenvalue weighted by atomic mass is 9.88. The van der Waals surface area contributed by atoms with Gasteiger partial charge < -0.3 is 5.32 Å². The molecule has 2 aliphatic rings. The highest BCUT2D eigenvalue weighted by Crippen LogP contribution is 2.48. The second-order valence-corrected chi connectivity index (χ2v) is 7.75. The molecule has 0 aromatic heterocycles. The van der Waals surface area contributed by atoms with Gasteiger partial charge >= 0.3 is 0 Å². The fourth-order valence-corrected chi connectivity index (χ4v) is 4.52. The van der Waals surface area contributed by atoms with Gasteiger partial charge in [0.25, 0.3) is 0 Å². The first kappa shape index (κ1) is 17.8. The second-order valence-electron chi connectivity index (χ2n) is 7.75. The van der Waals surface area contributed by atoms with Gasteiger partial charge in [-0.05, 0) is 37.5 Å². The van der Waals surface area contributed by atoms with Crippen molar-refractivity contribution < 1.29 is 4.79 Å². The Morgan fingerprint density at radius 2 is 1.50 bits per heavy atom. The number of amides is 1. The molecule has 2 saturated carbocycles. The molecule has 2 heteroatoms. The fraction of sp³-hybridized carbons (Fsp3) is 0.950. The zero-order valence-electron chi connectivity index (χ0n) is 14.7. The highest BCUT2D eigenvalue weighted by molar-refractivity contribution is 5.79. The molecule has 0 radical (unpaired) electrons. The summed E-state index contributed by atoms with van der Waals surface area (Å²) >= 11 is 0. The second kappa shape index (κ2) is 10.3. The first-order valence-electron chi connectivity index (χ1n) is 10.1. The molecular weight excluding hydrogens is 270 g/mol. The third-order valence-corrected chi connectivity index (χ3v) is 5.90. The lowest BCUT2D eigenvalue weighted by Gasteiger charge is -2.20. The van der Waals surface area contributed by atoms with Crippen molar-refractivity contribution >= 4 is 5.91 Å². The highest BCUT2D eigenvalue weighted by Gasteiger charge is 2.42. The van der Waals surface area contributed by atoms with E-state index < -0.39 is 0 Å². The molecule has 1 N–H and O–H groups in total. The van der Waals surface area contributed by atoms with E-state index in [2.05, 4.69) is 12.2 Å². The maximum Gasteiger partial charge on any atom is 0.223 e. The Morgan fingerprint density at radius 3 is 2.05 bits per heavy atom. The summed E-state index contributed by atoms with van der Waals surface area (Å²) in [4.78, 5) is 12.2. The first-order valence-corrected chi connectivity index (χ1v) is 10.1. The Morgan fingerprint density at radius 1 is 0.864 bits per heavy atom. The predicted molar refractivity (Wildman–Crippen MR) is 93.8 cm³/mol. The molecule has 2 fully saturated rings. The molecular formula is C20H37NO. The van der Waals surface area contributed by atoms with Crippen molar-refractivity contribution in [2.45, 2.75) is 96.8 Å². The SMILES string of the molecule is CCCCCCCCCCCCNC(=O)C1CC2CCC1C2. The molecule has 0 spiro atoms. The maximum absolute atomic E-state index is 12.2. The van der Waals surface area contributed by atoms with E-state index in [1.165, 1.54) is 89.9 Å². The average Bonchev–Trinajstić information content (AvgIpc) is 3.15. The van der Waals surface area contributed by atoms with Crippen molar-refractivity contribution in [3.05, 3.63) is 0 Å². The summed E-state index contributed by atoms with van der Waals surface area (Å²) in [5.74, 6) is 2.32. The monoisotopic (exact) mass is 307 g/mol. The van der Waals surface area contributed by atoms with Crippen LogP contribution in [0.1, 0.15) is 96.8 Å². The first-order chi connectivity index (χ1) is 10.8. The van der Waals surface area contributed by atoms with Crippen LogP contribution < -0.4 is 5.32 Å². The van der Waals surface area contributed by atoms with Gasteiger partial charge in [0, 0.05) is 12.5 Å². The summed E-state index contributed by atoms with van der Waals surface area (Å²) in [6, 6.07) is 0. The van der Waals surface area contributed by atoms with Crippen LogP contribution in [0.25, 0.3) is 0 Å². The summed E-state index contributed by atoms with van der Waals surface area (Å²) in [6.45, 7) is 3.18. The van der Waals surface area contributed by atoms with Gasteiger partial charge in [-0.3, -0.25) is 4.79 Å². The lowest BCUT2D eigenvalue weighted by Crippen LogP contribution is -2.34. The predicted octanol–water partition coefficient (Wildman–Crippen LogP) is 5.46. The van der Waals surface area contributed by atoms with Crippen molar-refractivity contribution in [2.75, 3.05) is 6.54 Å². The normalized spacial score (nSPS) is 26.5. The Labute approximate surface area is 137 Å². The number of carbonyl (C=O) groups is 1. The standard InChI is InChI=1S/C20H37NO/c1-2-3-4-5-6-7-8-9-10-11-14-21-20(22)19-16-17-12-13-18(19)15-17/h17-19H,2-16H2,1H3,(H,21,22). The van der Waals surface area contributed by atoms with Crippen LogP contribution in [0.15, 0.2) is 0 Å². The molecule has 0 aliphatic heterocycles. The molecule has 22 heavy (non-hydrogen) atoms. The van der Waals surface area contributed by atoms with Crippen LogP contribution in [0.4, 0.5) is 0 Å². The molecule has 2 bridgehead atoms. The molecule has 2 nitrogen and oxygen atoms in total. The Hall–Kier alpha value is -0.530. The minimum Gasteiger partial charge on any atom is -0.356 e. The smallest absolute Gasteiger partial charge is 0.223 e. The molecule has 2 rings (SSSR count). The minimum atomic E-state index is 0.363. The summed E-state index contributed by atoms with van der Waals surface area (Å²) in [5, 5.41) is 3.20. The van der Waals surface area contributed by atoms with Gasteiger partial charge in [-0.25, -0.2) is 0 Å². The largest absolute Gasteiger partial charge is 0.356 e. The van der Waals surface area contributed by atoms with Crippen LogP contribution in [-0.4, -0.2) is 12.5 Å². The van der Waals surface area contributed by atoms with E-state index in [-0.39, 0.29) is 0 Å². The van der Waals surface area contributed by atoms with Crippen molar-refractivity contribution in [1.82, 2.24) is 5.32 Å². The van der Waals surface area contributed by atoms with E-state index in [1.807, 2.05) is 0 Å². The van der Waals surface area contributed by atoms with Crippen molar-refractivity contribution in [2.24, 2.45) is 17.8 Å². The number of unbranched alkanes of at least 4 members (excludes halogenated alkanes) is 9. The Bertz CT molecular complexity index is 315. The number of hydrogen-bond acceptors (Lipinski definition) is 1. The van der Waals surface area contributed by atoms with Crippen LogP contribution in [0, 0.1) is 17.8 Å². The molecule has 2 aliphatic carbocycles. The molecule has 0 heterocycles. The third-order valence-electron chi connectivity index (χ3n) is 5.90. The van der Waals surface area contributed by atoms with Gasteiger partial charge in [-0.2, -0.15) is 0 Å². The van der Waals surface area contributed by atoms with E-state index in [0.717, 1.165) is 18.4 Å². The zero-order valence-corrected chi connectivity index (χ0v) is 14.7. The van der Waals surface area contributed by atoms with Crippen molar-refractivity contribution in [3.8, 4) is 0 Å². The lowest BCUT2D eigenvalue weighted by molar-refractivity contribution is -0.126. The van der Waals surface area contributed by atoms with Crippen LogP contribution >= 0.6 is 0 Å². The van der Waals surface area contributed by atoms with E-state index in [4.69, 9.17) is 0 Å².